The topological polar surface area (TPSA) is 34.1 Å². The molecular weight excluding hydrogens is 172 g/mol. The molecule has 1 aromatic rings. The second kappa shape index (κ2) is 4.16. The van der Waals surface area contributed by atoms with Gasteiger partial charge in [-0.15, -0.1) is 0 Å². The molecule has 0 saturated carbocycles. The third-order valence-corrected chi connectivity index (χ3v) is 2.70. The summed E-state index contributed by atoms with van der Waals surface area (Å²) in [7, 11) is -1.36. The molecule has 1 unspecified atom stereocenters. The van der Waals surface area contributed by atoms with Crippen LogP contribution in [0.2, 0.25) is 0 Å². The maximum absolute atomic E-state index is 11.1. The Morgan fingerprint density at radius 2 is 1.92 bits per heavy atom. The van der Waals surface area contributed by atoms with E-state index >= 15 is 0 Å². The Labute approximate surface area is 74.1 Å². The van der Waals surface area contributed by atoms with Gasteiger partial charge >= 0.3 is 0 Å². The van der Waals surface area contributed by atoms with Crippen LogP contribution in [0.3, 0.4) is 0 Å². The Bertz CT molecular complexity index is 293. The summed E-state index contributed by atoms with van der Waals surface area (Å²) in [6, 6.07) is 9.35. The third-order valence-electron chi connectivity index (χ3n) is 1.46. The predicted octanol–water partition coefficient (Wildman–Crippen LogP) is 1.48. The van der Waals surface area contributed by atoms with E-state index in [9.17, 15) is 9.00 Å². The molecule has 1 aromatic carbocycles. The molecular formula is C9H10O2S. The molecule has 0 heterocycles. The Kier molecular flexibility index (Phi) is 3.17. The van der Waals surface area contributed by atoms with Crippen LogP contribution < -0.4 is 0 Å². The largest absolute Gasteiger partial charge is 0.285 e. The van der Waals surface area contributed by atoms with Crippen molar-refractivity contribution >= 4 is 15.9 Å². The molecule has 0 N–H and O–H groups in total. The van der Waals surface area contributed by atoms with Crippen LogP contribution in [0.4, 0.5) is 0 Å². The molecule has 0 aliphatic heterocycles. The van der Waals surface area contributed by atoms with E-state index < -0.39 is 10.8 Å². The molecule has 0 radical (unpaired) electrons. The lowest BCUT2D eigenvalue weighted by molar-refractivity contribution is -0.109. The van der Waals surface area contributed by atoms with E-state index in [-0.39, 0.29) is 5.12 Å². The fraction of sp³-hybridized carbons (Fsp3) is 0.222. The third kappa shape index (κ3) is 2.58. The van der Waals surface area contributed by atoms with E-state index in [4.69, 9.17) is 0 Å². The van der Waals surface area contributed by atoms with Crippen molar-refractivity contribution in [2.24, 2.45) is 0 Å². The first-order chi connectivity index (χ1) is 5.70. The van der Waals surface area contributed by atoms with Crippen molar-refractivity contribution < 1.29 is 9.00 Å². The van der Waals surface area contributed by atoms with Crippen LogP contribution >= 0.6 is 0 Å². The van der Waals surface area contributed by atoms with Crippen LogP contribution in [-0.4, -0.2) is 9.32 Å². The molecule has 0 amide bonds. The Balaban J connectivity index is 2.65. The van der Waals surface area contributed by atoms with Gasteiger partial charge in [0.05, 0.1) is 16.6 Å². The molecule has 0 fully saturated rings. The highest BCUT2D eigenvalue weighted by atomic mass is 32.2. The first-order valence-corrected chi connectivity index (χ1v) is 4.95. The lowest BCUT2D eigenvalue weighted by atomic mass is 10.2. The SMILES string of the molecule is CC(=O)S(=O)Cc1ccccc1. The maximum atomic E-state index is 11.1. The summed E-state index contributed by atoms with van der Waals surface area (Å²) in [6.45, 7) is 1.35. The van der Waals surface area contributed by atoms with Gasteiger partial charge in [0.2, 0.25) is 5.12 Å². The average Bonchev–Trinajstić information content (AvgIpc) is 2.06. The van der Waals surface area contributed by atoms with Crippen molar-refractivity contribution in [3.05, 3.63) is 35.9 Å². The van der Waals surface area contributed by atoms with Crippen LogP contribution in [0.5, 0.6) is 0 Å². The standard InChI is InChI=1S/C9H10O2S/c1-8(10)12(11)7-9-5-3-2-4-6-9/h2-6H,7H2,1H3. The molecule has 0 bridgehead atoms. The van der Waals surface area contributed by atoms with Crippen LogP contribution in [0.1, 0.15) is 12.5 Å². The summed E-state index contributed by atoms with van der Waals surface area (Å²) in [5.74, 6) is 0.330. The first-order valence-electron chi connectivity index (χ1n) is 3.63. The van der Waals surface area contributed by atoms with E-state index in [2.05, 4.69) is 0 Å². The number of hydrogen-bond acceptors (Lipinski definition) is 2. The number of benzene rings is 1. The number of rotatable bonds is 2. The summed E-state index contributed by atoms with van der Waals surface area (Å²) >= 11 is 0. The average molecular weight is 182 g/mol. The highest BCUT2D eigenvalue weighted by Gasteiger charge is 2.05. The number of carbonyl (C=O) groups excluding carboxylic acids is 1. The van der Waals surface area contributed by atoms with Crippen LogP contribution in [0, 0.1) is 0 Å². The van der Waals surface area contributed by atoms with Gasteiger partial charge < -0.3 is 0 Å². The van der Waals surface area contributed by atoms with Gasteiger partial charge in [-0.3, -0.25) is 9.00 Å². The second-order valence-corrected chi connectivity index (χ2v) is 4.02. The molecule has 2 nitrogen and oxygen atoms in total. The number of carbonyl (C=O) groups is 1. The predicted molar refractivity (Wildman–Crippen MR) is 49.0 cm³/mol. The zero-order chi connectivity index (χ0) is 8.97. The molecule has 64 valence electrons. The van der Waals surface area contributed by atoms with Crippen molar-refractivity contribution in [2.75, 3.05) is 0 Å². The van der Waals surface area contributed by atoms with Gasteiger partial charge in [-0.1, -0.05) is 30.3 Å². The molecule has 12 heavy (non-hydrogen) atoms. The number of hydrogen-bond donors (Lipinski definition) is 0. The van der Waals surface area contributed by atoms with Crippen LogP contribution in [0.25, 0.3) is 0 Å². The minimum atomic E-state index is -1.36. The summed E-state index contributed by atoms with van der Waals surface area (Å²) in [5, 5.41) is -0.265. The molecule has 0 aliphatic rings. The highest BCUT2D eigenvalue weighted by Crippen LogP contribution is 2.02. The summed E-state index contributed by atoms with van der Waals surface area (Å²) in [5.41, 5.74) is 0.936. The van der Waals surface area contributed by atoms with Crippen LogP contribution in [0.15, 0.2) is 30.3 Å². The highest BCUT2D eigenvalue weighted by molar-refractivity contribution is 7.99. The summed E-state index contributed by atoms with van der Waals surface area (Å²) < 4.78 is 11.1. The minimum absolute atomic E-state index is 0.265. The molecule has 0 aliphatic carbocycles. The monoisotopic (exact) mass is 182 g/mol. The Hall–Kier alpha value is -0.960. The molecule has 0 aromatic heterocycles. The van der Waals surface area contributed by atoms with Crippen molar-refractivity contribution in [2.45, 2.75) is 12.7 Å². The van der Waals surface area contributed by atoms with Crippen molar-refractivity contribution in [3.63, 3.8) is 0 Å². The summed E-state index contributed by atoms with van der Waals surface area (Å²) in [4.78, 5) is 10.6. The fourth-order valence-corrected chi connectivity index (χ4v) is 1.53. The molecule has 3 heteroatoms. The normalized spacial score (nSPS) is 12.4. The summed E-state index contributed by atoms with van der Waals surface area (Å²) in [6.07, 6.45) is 0. The van der Waals surface area contributed by atoms with Gasteiger partial charge in [0.15, 0.2) is 0 Å². The lowest BCUT2D eigenvalue weighted by Gasteiger charge is -1.96. The molecule has 1 atom stereocenters. The maximum Gasteiger partial charge on any atom is 0.216 e. The van der Waals surface area contributed by atoms with Crippen molar-refractivity contribution in [3.8, 4) is 0 Å². The van der Waals surface area contributed by atoms with Gasteiger partial charge in [-0.2, -0.15) is 0 Å². The van der Waals surface area contributed by atoms with Gasteiger partial charge in [0.25, 0.3) is 0 Å². The van der Waals surface area contributed by atoms with E-state index in [1.54, 1.807) is 0 Å². The van der Waals surface area contributed by atoms with Crippen molar-refractivity contribution in [1.29, 1.82) is 0 Å². The smallest absolute Gasteiger partial charge is 0.216 e. The Morgan fingerprint density at radius 1 is 1.33 bits per heavy atom. The van der Waals surface area contributed by atoms with Crippen molar-refractivity contribution in [1.82, 2.24) is 0 Å². The molecule has 0 saturated heterocycles. The van der Waals surface area contributed by atoms with Crippen LogP contribution in [-0.2, 0) is 21.3 Å². The van der Waals surface area contributed by atoms with Gasteiger partial charge in [0.1, 0.15) is 0 Å². The van der Waals surface area contributed by atoms with E-state index in [0.717, 1.165) is 5.56 Å². The van der Waals surface area contributed by atoms with Gasteiger partial charge in [-0.25, -0.2) is 0 Å². The minimum Gasteiger partial charge on any atom is -0.285 e. The zero-order valence-corrected chi connectivity index (χ0v) is 7.64. The first kappa shape index (κ1) is 9.13. The molecule has 1 rings (SSSR count). The lowest BCUT2D eigenvalue weighted by Crippen LogP contribution is -2.04. The van der Waals surface area contributed by atoms with E-state index in [1.165, 1.54) is 6.92 Å². The fourth-order valence-electron chi connectivity index (χ4n) is 0.827. The zero-order valence-electron chi connectivity index (χ0n) is 6.82. The van der Waals surface area contributed by atoms with Gasteiger partial charge in [0, 0.05) is 6.92 Å². The Morgan fingerprint density at radius 3 is 2.42 bits per heavy atom. The second-order valence-electron chi connectivity index (χ2n) is 2.47. The quantitative estimate of drug-likeness (QED) is 0.694. The van der Waals surface area contributed by atoms with E-state index in [1.807, 2.05) is 30.3 Å². The van der Waals surface area contributed by atoms with Gasteiger partial charge in [-0.05, 0) is 5.56 Å². The molecule has 0 spiro atoms. The van der Waals surface area contributed by atoms with E-state index in [0.29, 0.717) is 5.75 Å².